The van der Waals surface area contributed by atoms with E-state index in [2.05, 4.69) is 9.98 Å². The number of pyridine rings is 1. The van der Waals surface area contributed by atoms with Gasteiger partial charge in [0, 0.05) is 17.8 Å². The molecule has 1 aliphatic rings. The largest absolute Gasteiger partial charge is 0.289 e. The van der Waals surface area contributed by atoms with E-state index >= 15 is 0 Å². The SMILES string of the molecule is Cc1cccc(/N=C2/S/C(=C\c3cccc(Cl)c3)C(=O)N2C)n1. The number of likely N-dealkylation sites (N-methyl/N-ethyl adjacent to an activating group) is 1. The van der Waals surface area contributed by atoms with Crippen LogP contribution in [0, 0.1) is 6.92 Å². The van der Waals surface area contributed by atoms with Crippen molar-refractivity contribution < 1.29 is 4.79 Å². The van der Waals surface area contributed by atoms with Crippen LogP contribution in [0.15, 0.2) is 52.4 Å². The van der Waals surface area contributed by atoms with Crippen molar-refractivity contribution in [1.29, 1.82) is 0 Å². The quantitative estimate of drug-likeness (QED) is 0.765. The van der Waals surface area contributed by atoms with Gasteiger partial charge in [-0.1, -0.05) is 29.8 Å². The molecule has 1 aliphatic heterocycles. The van der Waals surface area contributed by atoms with Crippen LogP contribution >= 0.6 is 23.4 Å². The number of aliphatic imine (C=N–C) groups is 1. The second kappa shape index (κ2) is 6.56. The van der Waals surface area contributed by atoms with Crippen molar-refractivity contribution in [3.8, 4) is 0 Å². The van der Waals surface area contributed by atoms with E-state index in [1.807, 2.05) is 49.4 Å². The van der Waals surface area contributed by atoms with E-state index in [4.69, 9.17) is 11.6 Å². The third-order valence-electron chi connectivity index (χ3n) is 3.23. The molecule has 1 aromatic heterocycles. The Hall–Kier alpha value is -2.11. The van der Waals surface area contributed by atoms with Gasteiger partial charge in [-0.3, -0.25) is 9.69 Å². The summed E-state index contributed by atoms with van der Waals surface area (Å²) in [7, 11) is 1.71. The highest BCUT2D eigenvalue weighted by molar-refractivity contribution is 8.18. The molecule has 2 heterocycles. The molecule has 0 saturated carbocycles. The highest BCUT2D eigenvalue weighted by atomic mass is 35.5. The van der Waals surface area contributed by atoms with Crippen molar-refractivity contribution in [2.75, 3.05) is 7.05 Å². The van der Waals surface area contributed by atoms with Crippen LogP contribution in [0.25, 0.3) is 6.08 Å². The van der Waals surface area contributed by atoms with Gasteiger partial charge < -0.3 is 0 Å². The van der Waals surface area contributed by atoms with Crippen molar-refractivity contribution in [2.24, 2.45) is 4.99 Å². The summed E-state index contributed by atoms with van der Waals surface area (Å²) in [5, 5.41) is 1.25. The van der Waals surface area contributed by atoms with E-state index < -0.39 is 0 Å². The summed E-state index contributed by atoms with van der Waals surface area (Å²) >= 11 is 7.32. The fourth-order valence-electron chi connectivity index (χ4n) is 2.09. The third-order valence-corrected chi connectivity index (χ3v) is 4.53. The number of nitrogens with zero attached hydrogens (tertiary/aromatic N) is 3. The number of hydrogen-bond acceptors (Lipinski definition) is 4. The van der Waals surface area contributed by atoms with Crippen LogP contribution in [-0.2, 0) is 4.79 Å². The monoisotopic (exact) mass is 343 g/mol. The molecule has 6 heteroatoms. The summed E-state index contributed by atoms with van der Waals surface area (Å²) in [6.07, 6.45) is 1.82. The van der Waals surface area contributed by atoms with Gasteiger partial charge in [-0.25, -0.2) is 9.98 Å². The number of carbonyl (C=O) groups excluding carboxylic acids is 1. The molecule has 1 fully saturated rings. The highest BCUT2D eigenvalue weighted by Crippen LogP contribution is 2.33. The number of aromatic nitrogens is 1. The zero-order valence-electron chi connectivity index (χ0n) is 12.7. The topological polar surface area (TPSA) is 45.6 Å². The zero-order valence-corrected chi connectivity index (χ0v) is 14.2. The van der Waals surface area contributed by atoms with Gasteiger partial charge in [-0.05, 0) is 54.6 Å². The molecular formula is C17H14ClN3OS. The average molecular weight is 344 g/mol. The number of amidine groups is 1. The lowest BCUT2D eigenvalue weighted by Gasteiger charge is -2.06. The molecule has 0 N–H and O–H groups in total. The first-order valence-corrected chi connectivity index (χ1v) is 8.18. The molecular weight excluding hydrogens is 330 g/mol. The molecule has 1 amide bonds. The van der Waals surface area contributed by atoms with E-state index in [0.717, 1.165) is 11.3 Å². The fourth-order valence-corrected chi connectivity index (χ4v) is 3.26. The van der Waals surface area contributed by atoms with Crippen molar-refractivity contribution in [1.82, 2.24) is 9.88 Å². The van der Waals surface area contributed by atoms with Crippen LogP contribution < -0.4 is 0 Å². The molecule has 3 rings (SSSR count). The normalized spacial score (nSPS) is 18.2. The second-order valence-electron chi connectivity index (χ2n) is 5.06. The number of rotatable bonds is 2. The highest BCUT2D eigenvalue weighted by Gasteiger charge is 2.30. The van der Waals surface area contributed by atoms with Gasteiger partial charge >= 0.3 is 0 Å². The number of halogens is 1. The van der Waals surface area contributed by atoms with Gasteiger partial charge in [0.05, 0.1) is 4.91 Å². The molecule has 4 nitrogen and oxygen atoms in total. The molecule has 2 aromatic rings. The van der Waals surface area contributed by atoms with Crippen molar-refractivity contribution >= 4 is 46.3 Å². The number of hydrogen-bond donors (Lipinski definition) is 0. The maximum atomic E-state index is 12.4. The fraction of sp³-hybridized carbons (Fsp3) is 0.118. The Morgan fingerprint density at radius 3 is 2.78 bits per heavy atom. The lowest BCUT2D eigenvalue weighted by atomic mass is 10.2. The molecule has 0 atom stereocenters. The molecule has 1 aromatic carbocycles. The number of thioether (sulfide) groups is 1. The third kappa shape index (κ3) is 3.63. The van der Waals surface area contributed by atoms with Gasteiger partial charge in [0.1, 0.15) is 0 Å². The number of carbonyl (C=O) groups is 1. The Morgan fingerprint density at radius 2 is 2.04 bits per heavy atom. The maximum Gasteiger partial charge on any atom is 0.266 e. The molecule has 0 radical (unpaired) electrons. The minimum atomic E-state index is -0.0821. The van der Waals surface area contributed by atoms with Crippen LogP contribution in [0.1, 0.15) is 11.3 Å². The standard InChI is InChI=1S/C17H14ClN3OS/c1-11-5-3-8-15(19-11)20-17-21(2)16(22)14(23-17)10-12-6-4-7-13(18)9-12/h3-10H,1-2H3/b14-10-,20-17+. The van der Waals surface area contributed by atoms with E-state index in [1.165, 1.54) is 16.7 Å². The molecule has 0 aliphatic carbocycles. The summed E-state index contributed by atoms with van der Waals surface area (Å²) in [5.74, 6) is 0.512. The summed E-state index contributed by atoms with van der Waals surface area (Å²) < 4.78 is 0. The first-order valence-electron chi connectivity index (χ1n) is 6.98. The van der Waals surface area contributed by atoms with Gasteiger partial charge in [0.2, 0.25) is 0 Å². The lowest BCUT2D eigenvalue weighted by molar-refractivity contribution is -0.121. The van der Waals surface area contributed by atoms with E-state index in [1.54, 1.807) is 13.1 Å². The van der Waals surface area contributed by atoms with E-state index in [0.29, 0.717) is 20.9 Å². The smallest absolute Gasteiger partial charge is 0.266 e. The second-order valence-corrected chi connectivity index (χ2v) is 6.51. The summed E-state index contributed by atoms with van der Waals surface area (Å²) in [4.78, 5) is 23.3. The maximum absolute atomic E-state index is 12.4. The Balaban J connectivity index is 1.91. The summed E-state index contributed by atoms with van der Waals surface area (Å²) in [6.45, 7) is 1.91. The van der Waals surface area contributed by atoms with E-state index in [9.17, 15) is 4.79 Å². The van der Waals surface area contributed by atoms with Crippen LogP contribution in [-0.4, -0.2) is 28.0 Å². The molecule has 0 bridgehead atoms. The van der Waals surface area contributed by atoms with Crippen LogP contribution in [0.2, 0.25) is 5.02 Å². The molecule has 116 valence electrons. The van der Waals surface area contributed by atoms with Crippen LogP contribution in [0.3, 0.4) is 0 Å². The first kappa shape index (κ1) is 15.8. The molecule has 1 saturated heterocycles. The predicted octanol–water partition coefficient (Wildman–Crippen LogP) is 4.28. The average Bonchev–Trinajstić information content (AvgIpc) is 2.76. The van der Waals surface area contributed by atoms with Gasteiger partial charge in [0.15, 0.2) is 11.0 Å². The Bertz CT molecular complexity index is 832. The number of benzene rings is 1. The van der Waals surface area contributed by atoms with Gasteiger partial charge in [-0.15, -0.1) is 0 Å². The van der Waals surface area contributed by atoms with Crippen molar-refractivity contribution in [3.63, 3.8) is 0 Å². The number of amides is 1. The Morgan fingerprint density at radius 1 is 1.26 bits per heavy atom. The molecule has 0 spiro atoms. The zero-order chi connectivity index (χ0) is 16.4. The predicted molar refractivity (Wildman–Crippen MR) is 95.9 cm³/mol. The van der Waals surface area contributed by atoms with Crippen molar-refractivity contribution in [2.45, 2.75) is 6.92 Å². The first-order chi connectivity index (χ1) is 11.0. The Labute approximate surface area is 143 Å². The van der Waals surface area contributed by atoms with Crippen LogP contribution in [0.5, 0.6) is 0 Å². The number of aryl methyl sites for hydroxylation is 1. The minimum absolute atomic E-state index is 0.0821. The van der Waals surface area contributed by atoms with Crippen molar-refractivity contribution in [3.05, 3.63) is 63.6 Å². The molecule has 0 unspecified atom stereocenters. The summed E-state index contributed by atoms with van der Waals surface area (Å²) in [5.41, 5.74) is 1.77. The van der Waals surface area contributed by atoms with Gasteiger partial charge in [-0.2, -0.15) is 0 Å². The van der Waals surface area contributed by atoms with Gasteiger partial charge in [0.25, 0.3) is 5.91 Å². The lowest BCUT2D eigenvalue weighted by Crippen LogP contribution is -2.23. The van der Waals surface area contributed by atoms with Crippen LogP contribution in [0.4, 0.5) is 5.82 Å². The summed E-state index contributed by atoms with van der Waals surface area (Å²) in [6, 6.07) is 13.0. The molecule has 23 heavy (non-hydrogen) atoms. The Kier molecular flexibility index (Phi) is 4.50. The minimum Gasteiger partial charge on any atom is -0.289 e. The van der Waals surface area contributed by atoms with E-state index in [-0.39, 0.29) is 5.91 Å².